The molecule has 0 fully saturated rings. The van der Waals surface area contributed by atoms with E-state index in [2.05, 4.69) is 0 Å². The van der Waals surface area contributed by atoms with Crippen LogP contribution in [0.5, 0.6) is 0 Å². The first-order valence-electron chi connectivity index (χ1n) is 0. The van der Waals surface area contributed by atoms with Crippen molar-refractivity contribution in [3.8, 4) is 0 Å². The van der Waals surface area contributed by atoms with E-state index in [4.69, 9.17) is 0 Å². The zero-order valence-corrected chi connectivity index (χ0v) is 15.5. The maximum absolute atomic E-state index is 0. The predicted octanol–water partition coefficient (Wildman–Crippen LogP) is -1.52. The van der Waals surface area contributed by atoms with Gasteiger partial charge in [-0.05, 0) is 0 Å². The van der Waals surface area contributed by atoms with Gasteiger partial charge in [0.1, 0.15) is 0 Å². The summed E-state index contributed by atoms with van der Waals surface area (Å²) in [5, 5.41) is 0. The van der Waals surface area contributed by atoms with Gasteiger partial charge in [0, 0.05) is 103 Å². The van der Waals surface area contributed by atoms with Crippen LogP contribution in [-0.2, 0) is 0 Å². The van der Waals surface area contributed by atoms with E-state index in [9.17, 15) is 0 Å². The Hall–Kier alpha value is 3.47. The van der Waals surface area contributed by atoms with Crippen LogP contribution in [0.15, 0.2) is 0 Å². The molecule has 0 rings (SSSR count). The molecule has 0 unspecified atom stereocenters. The Morgan fingerprint density at radius 2 is 1.00 bits per heavy atom. The molecular weight excluding hydrogens is 650 g/mol. The molecule has 0 amide bonds. The molecule has 0 bridgehead atoms. The fourth-order valence-electron chi connectivity index (χ4n) is 0. The van der Waals surface area contributed by atoms with Gasteiger partial charge < -0.3 is 0 Å². The smallest absolute Gasteiger partial charge is 0 e. The third-order valence-electron chi connectivity index (χ3n) is 0. The van der Waals surface area contributed by atoms with E-state index in [0.717, 1.165) is 0 Å². The zero-order chi connectivity index (χ0) is 0. The summed E-state index contributed by atoms with van der Waals surface area (Å²) in [6, 6.07) is 0. The molecule has 0 saturated carbocycles. The Labute approximate surface area is 101 Å². The Morgan fingerprint density at radius 3 is 1.00 bits per heavy atom. The molecule has 0 aromatic carbocycles. The van der Waals surface area contributed by atoms with E-state index in [1.807, 2.05) is 0 Å². The van der Waals surface area contributed by atoms with Crippen molar-refractivity contribution in [3.63, 3.8) is 0 Å². The second kappa shape index (κ2) is 16.1. The number of hydrogen-bond acceptors (Lipinski definition) is 0. The second-order valence-corrected chi connectivity index (χ2v) is 0. The van der Waals surface area contributed by atoms with Gasteiger partial charge in [0.15, 0.2) is 0 Å². The predicted molar refractivity (Wildman–Crippen MR) is 23.0 cm³/mol. The number of hydrogen-bond donors (Lipinski definition) is 0. The molecule has 14 radical (unpaired) electrons. The first-order chi connectivity index (χ1) is 0. The van der Waals surface area contributed by atoms with Crippen molar-refractivity contribution in [1.82, 2.24) is 0 Å². The largest absolute Gasteiger partial charge is 0 e. The van der Waals surface area contributed by atoms with Crippen LogP contribution < -0.4 is 0 Å². The van der Waals surface area contributed by atoms with E-state index in [1.165, 1.54) is 0 Å². The normalized spacial score (nSPS) is 0. The third kappa shape index (κ3) is 9.08. The van der Waals surface area contributed by atoms with Crippen molar-refractivity contribution in [3.05, 3.63) is 0 Å². The fraction of sp³-hybridized carbons (Fsp3) is 0. The molecule has 0 N–H and O–H groups in total. The third-order valence-corrected chi connectivity index (χ3v) is 0. The van der Waals surface area contributed by atoms with Crippen molar-refractivity contribution in [2.24, 2.45) is 0 Å². The van der Waals surface area contributed by atoms with Crippen molar-refractivity contribution in [2.45, 2.75) is 0 Å². The molecule has 4 heteroatoms. The summed E-state index contributed by atoms with van der Waals surface area (Å²) < 4.78 is 0. The van der Waals surface area contributed by atoms with Crippen LogP contribution in [0, 0.1) is 0 Å². The average Bonchev–Trinajstić information content (AvgIpc) is 0. The molecule has 0 heterocycles. The minimum atomic E-state index is 0. The zero-order valence-electron chi connectivity index (χ0n) is 2.02. The summed E-state index contributed by atoms with van der Waals surface area (Å²) in [5.41, 5.74) is 0. The first kappa shape index (κ1) is 26.0. The fourth-order valence-corrected chi connectivity index (χ4v) is 0. The quantitative estimate of drug-likeness (QED) is 0.280. The van der Waals surface area contributed by atoms with Crippen molar-refractivity contribution in [2.75, 3.05) is 0 Å². The Kier molecular flexibility index (Phi) is 104. The van der Waals surface area contributed by atoms with Gasteiger partial charge in [-0.15, -0.1) is 0 Å². The molecule has 0 aliphatic heterocycles. The van der Waals surface area contributed by atoms with Gasteiger partial charge in [-0.2, -0.15) is 0 Å². The minimum absolute atomic E-state index is 0. The van der Waals surface area contributed by atoms with E-state index in [1.54, 1.807) is 0 Å². The molecule has 0 spiro atoms. The van der Waals surface area contributed by atoms with Gasteiger partial charge in [-0.3, -0.25) is 0 Å². The van der Waals surface area contributed by atoms with E-state index < -0.39 is 0 Å². The molecule has 0 atom stereocenters. The Morgan fingerprint density at radius 1 is 1.00 bits per heavy atom. The van der Waals surface area contributed by atoms with Gasteiger partial charge in [-0.1, -0.05) is 0 Å². The van der Waals surface area contributed by atoms with E-state index >= 15 is 0 Å². The molecule has 0 aromatic heterocycles. The van der Waals surface area contributed by atoms with E-state index in [0.29, 0.717) is 0 Å². The summed E-state index contributed by atoms with van der Waals surface area (Å²) in [7, 11) is 0. The summed E-state index contributed by atoms with van der Waals surface area (Å²) in [4.78, 5) is 0. The van der Waals surface area contributed by atoms with Gasteiger partial charge >= 0.3 is 0 Å². The molecule has 4 heavy (non-hydrogen) atoms. The molecule has 0 aliphatic rings. The Bertz CT molecular complexity index is 8.00. The van der Waals surface area contributed by atoms with Crippen LogP contribution in [0.3, 0.4) is 0 Å². The maximum atomic E-state index is 0. The van der Waals surface area contributed by atoms with Gasteiger partial charge in [-0.25, -0.2) is 0 Å². The number of rotatable bonds is 0. The van der Waals surface area contributed by atoms with Crippen LogP contribution in [0.4, 0.5) is 0 Å². The Balaban J connectivity index is 0. The minimum Gasteiger partial charge on any atom is 0 e. The van der Waals surface area contributed by atoms with Gasteiger partial charge in [0.25, 0.3) is 0 Å². The van der Waals surface area contributed by atoms with Crippen LogP contribution in [0.1, 0.15) is 0 Å². The second-order valence-electron chi connectivity index (χ2n) is 0. The summed E-state index contributed by atoms with van der Waals surface area (Å²) in [6.07, 6.45) is 0. The standard InChI is InChI=1S/Bi.In.Pb.Sn. The van der Waals surface area contributed by atoms with Crippen molar-refractivity contribution in [1.29, 1.82) is 0 Å². The summed E-state index contributed by atoms with van der Waals surface area (Å²) >= 11 is 0. The van der Waals surface area contributed by atoms with E-state index in [-0.39, 0.29) is 103 Å². The molecular formula is BiInPbSn. The van der Waals surface area contributed by atoms with Crippen molar-refractivity contribution >= 4 is 103 Å². The van der Waals surface area contributed by atoms with Crippen LogP contribution in [-0.4, -0.2) is 103 Å². The maximum Gasteiger partial charge on any atom is 0 e. The van der Waals surface area contributed by atoms with Crippen molar-refractivity contribution < 1.29 is 0 Å². The SMILES string of the molecule is [Bi].[In].[Pb].[Sn]. The summed E-state index contributed by atoms with van der Waals surface area (Å²) in [5.74, 6) is 0. The average molecular weight is 650 g/mol. The van der Waals surface area contributed by atoms with Gasteiger partial charge in [0.05, 0.1) is 0 Å². The topological polar surface area (TPSA) is 0 Å². The molecule has 0 nitrogen and oxygen atoms in total. The molecule has 0 saturated heterocycles. The molecule has 0 aliphatic carbocycles. The first-order valence-corrected chi connectivity index (χ1v) is 0. The molecule has 0 aromatic rings. The van der Waals surface area contributed by atoms with Gasteiger partial charge in [0.2, 0.25) is 0 Å². The van der Waals surface area contributed by atoms with Crippen LogP contribution >= 0.6 is 0 Å². The van der Waals surface area contributed by atoms with Crippen LogP contribution in [0.25, 0.3) is 0 Å². The molecule has 16 valence electrons. The summed E-state index contributed by atoms with van der Waals surface area (Å²) in [6.45, 7) is 0. The monoisotopic (exact) mass is 652 g/mol. The van der Waals surface area contributed by atoms with Crippen LogP contribution in [0.2, 0.25) is 0 Å².